The zero-order valence-corrected chi connectivity index (χ0v) is 20.8. The van der Waals surface area contributed by atoms with E-state index < -0.39 is 54.8 Å². The molecular weight excluding hydrogens is 495 g/mol. The van der Waals surface area contributed by atoms with Crippen LogP contribution in [-0.2, 0) is 28.1 Å². The van der Waals surface area contributed by atoms with E-state index >= 15 is 0 Å². The van der Waals surface area contributed by atoms with Crippen LogP contribution in [0, 0.1) is 5.92 Å². The molecule has 6 atom stereocenters. The van der Waals surface area contributed by atoms with Gasteiger partial charge in [0, 0.05) is 18.9 Å². The number of esters is 1. The fraction of sp³-hybridized carbons (Fsp3) is 0.522. The molecule has 1 aromatic heterocycles. The molecule has 1 aromatic carbocycles. The zero-order chi connectivity index (χ0) is 25.9. The number of H-pyrrole nitrogens is 1. The van der Waals surface area contributed by atoms with Gasteiger partial charge in [-0.05, 0) is 25.0 Å². The van der Waals surface area contributed by atoms with E-state index in [1.807, 2.05) is 0 Å². The van der Waals surface area contributed by atoms with Crippen molar-refractivity contribution in [3.8, 4) is 5.75 Å². The van der Waals surface area contributed by atoms with E-state index in [0.29, 0.717) is 19.4 Å². The van der Waals surface area contributed by atoms with Crippen molar-refractivity contribution in [2.24, 2.45) is 5.92 Å². The van der Waals surface area contributed by atoms with Crippen molar-refractivity contribution in [1.29, 1.82) is 0 Å². The molecule has 2 aliphatic rings. The van der Waals surface area contributed by atoms with Gasteiger partial charge < -0.3 is 23.8 Å². The lowest BCUT2D eigenvalue weighted by Gasteiger charge is -2.32. The largest absolute Gasteiger partial charge is 0.469 e. The highest BCUT2D eigenvalue weighted by Crippen LogP contribution is 2.52. The number of carbonyl (C=O) groups is 1. The van der Waals surface area contributed by atoms with Gasteiger partial charge in [0.25, 0.3) is 5.56 Å². The second-order valence-corrected chi connectivity index (χ2v) is 10.8. The first kappa shape index (κ1) is 26.3. The van der Waals surface area contributed by atoms with Crippen LogP contribution in [0.2, 0.25) is 0 Å². The van der Waals surface area contributed by atoms with E-state index in [-0.39, 0.29) is 18.5 Å². The number of aliphatic hydroxyl groups excluding tert-OH is 1. The zero-order valence-electron chi connectivity index (χ0n) is 19.9. The third-order valence-corrected chi connectivity index (χ3v) is 8.31. The minimum atomic E-state index is -3.94. The first-order chi connectivity index (χ1) is 17.2. The van der Waals surface area contributed by atoms with E-state index in [1.54, 1.807) is 30.3 Å². The highest BCUT2D eigenvalue weighted by molar-refractivity contribution is 7.54. The summed E-state index contributed by atoms with van der Waals surface area (Å²) < 4.78 is 42.9. The molecule has 0 saturated carbocycles. The van der Waals surface area contributed by atoms with E-state index in [1.165, 1.54) is 26.3 Å². The highest BCUT2D eigenvalue weighted by atomic mass is 31.2. The number of aromatic amines is 1. The van der Waals surface area contributed by atoms with Crippen LogP contribution in [0.25, 0.3) is 0 Å². The Balaban J connectivity index is 1.57. The Kier molecular flexibility index (Phi) is 7.82. The fourth-order valence-electron chi connectivity index (χ4n) is 4.53. The van der Waals surface area contributed by atoms with Gasteiger partial charge in [-0.1, -0.05) is 25.1 Å². The molecule has 12 nitrogen and oxygen atoms in total. The summed E-state index contributed by atoms with van der Waals surface area (Å²) in [6.07, 6.45) is -1.35. The van der Waals surface area contributed by atoms with Crippen LogP contribution in [0.3, 0.4) is 0 Å². The van der Waals surface area contributed by atoms with E-state index in [4.69, 9.17) is 23.3 Å². The highest BCUT2D eigenvalue weighted by Gasteiger charge is 2.60. The summed E-state index contributed by atoms with van der Waals surface area (Å²) in [7, 11) is -2.72. The van der Waals surface area contributed by atoms with Gasteiger partial charge in [0.2, 0.25) is 0 Å². The summed E-state index contributed by atoms with van der Waals surface area (Å²) in [5.41, 5.74) is -2.56. The second kappa shape index (κ2) is 10.7. The van der Waals surface area contributed by atoms with Gasteiger partial charge in [-0.25, -0.2) is 9.36 Å². The van der Waals surface area contributed by atoms with Crippen molar-refractivity contribution in [3.05, 3.63) is 63.4 Å². The number of hydrogen-bond donors (Lipinski definition) is 2. The number of rotatable bonds is 9. The lowest BCUT2D eigenvalue weighted by atomic mass is 9.91. The first-order valence-corrected chi connectivity index (χ1v) is 13.3. The van der Waals surface area contributed by atoms with Gasteiger partial charge in [0.15, 0.2) is 6.23 Å². The topological polar surface area (TPSA) is 155 Å². The van der Waals surface area contributed by atoms with Crippen LogP contribution < -0.4 is 15.8 Å². The predicted octanol–water partition coefficient (Wildman–Crippen LogP) is 1.44. The van der Waals surface area contributed by atoms with Gasteiger partial charge in [-0.3, -0.25) is 23.7 Å². The minimum absolute atomic E-state index is 0.276. The van der Waals surface area contributed by atoms with Crippen molar-refractivity contribution >= 4 is 13.6 Å². The Hall–Kier alpha value is -2.76. The molecule has 2 aliphatic heterocycles. The number of aliphatic hydroxyl groups is 1. The molecular formula is C23H29N2O10P. The Bertz CT molecular complexity index is 1220. The van der Waals surface area contributed by atoms with Gasteiger partial charge in [-0.2, -0.15) is 0 Å². The molecule has 13 heteroatoms. The fourth-order valence-corrected chi connectivity index (χ4v) is 6.40. The third kappa shape index (κ3) is 5.33. The molecule has 0 radical (unpaired) electrons. The van der Waals surface area contributed by atoms with Crippen LogP contribution in [0.15, 0.2) is 52.2 Å². The first-order valence-electron chi connectivity index (χ1n) is 11.5. The smallest absolute Gasteiger partial charge is 0.380 e. The maximum Gasteiger partial charge on any atom is 0.380 e. The van der Waals surface area contributed by atoms with Gasteiger partial charge in [0.05, 0.1) is 25.8 Å². The molecule has 2 fully saturated rings. The van der Waals surface area contributed by atoms with Crippen LogP contribution in [0.5, 0.6) is 5.75 Å². The lowest BCUT2D eigenvalue weighted by molar-refractivity contribution is -0.144. The molecule has 3 unspecified atom stereocenters. The van der Waals surface area contributed by atoms with Crippen molar-refractivity contribution in [1.82, 2.24) is 9.55 Å². The maximum absolute atomic E-state index is 13.7. The molecule has 2 aromatic rings. The Morgan fingerprint density at radius 2 is 2.06 bits per heavy atom. The second-order valence-electron chi connectivity index (χ2n) is 8.81. The molecule has 196 valence electrons. The number of hydrogen-bond acceptors (Lipinski definition) is 10. The molecule has 36 heavy (non-hydrogen) atoms. The normalized spacial score (nSPS) is 28.0. The number of methoxy groups -OCH3 is 1. The molecule has 4 rings (SSSR count). The van der Waals surface area contributed by atoms with Crippen molar-refractivity contribution in [2.45, 2.75) is 43.8 Å². The Morgan fingerprint density at radius 1 is 1.31 bits per heavy atom. The van der Waals surface area contributed by atoms with Crippen molar-refractivity contribution < 1.29 is 37.7 Å². The summed E-state index contributed by atoms with van der Waals surface area (Å²) in [6.45, 7) is 1.50. The number of nitrogens with zero attached hydrogens (tertiary/aromatic N) is 1. The quantitative estimate of drug-likeness (QED) is 0.364. The number of para-hydroxylation sites is 1. The summed E-state index contributed by atoms with van der Waals surface area (Å²) in [4.78, 5) is 38.2. The van der Waals surface area contributed by atoms with Gasteiger partial charge in [-0.15, -0.1) is 0 Å². The standard InChI is InChI=1S/C23H29N2O10P/c1-15(20(28)31-2)14-36(30,35-16-7-4-3-5-8-16)33-13-17-19(27)23(10-6-12-32-23)21(34-17)25-11-9-18(26)24-22(25)29/h3-5,7-9,11,15,17,19,21,27H,6,10,12-14H2,1-2H3,(H,24,26,29)/t15-,17?,19-,21?,23-,36?/m1/s1. The number of carbonyl (C=O) groups excluding carboxylic acids is 1. The van der Waals surface area contributed by atoms with Crippen LogP contribution >= 0.6 is 7.60 Å². The Labute approximate surface area is 206 Å². The molecule has 2 N–H and O–H groups in total. The monoisotopic (exact) mass is 524 g/mol. The molecule has 1 spiro atoms. The van der Waals surface area contributed by atoms with Gasteiger partial charge in [0.1, 0.15) is 23.6 Å². The predicted molar refractivity (Wildman–Crippen MR) is 126 cm³/mol. The molecule has 3 heterocycles. The number of nitrogens with one attached hydrogen (secondary N) is 1. The maximum atomic E-state index is 13.7. The van der Waals surface area contributed by atoms with Crippen LogP contribution in [-0.4, -0.2) is 64.9 Å². The summed E-state index contributed by atoms with van der Waals surface area (Å²) in [5.74, 6) is -1.10. The SMILES string of the molecule is COC(=O)[C@H](C)CP(=O)(OCC1OC(n2ccc(=O)[nH]c2=O)[C@@]2(CCCO2)[C@@H]1O)Oc1ccccc1. The number of ether oxygens (including phenoxy) is 3. The van der Waals surface area contributed by atoms with E-state index in [9.17, 15) is 24.1 Å². The summed E-state index contributed by atoms with van der Waals surface area (Å²) in [5, 5.41) is 11.2. The van der Waals surface area contributed by atoms with Crippen LogP contribution in [0.1, 0.15) is 26.0 Å². The van der Waals surface area contributed by atoms with Crippen LogP contribution in [0.4, 0.5) is 0 Å². The average Bonchev–Trinajstić information content (AvgIpc) is 3.44. The number of aromatic nitrogens is 2. The lowest BCUT2D eigenvalue weighted by Crippen LogP contribution is -2.48. The third-order valence-electron chi connectivity index (χ3n) is 6.29. The molecule has 0 aliphatic carbocycles. The molecule has 0 amide bonds. The van der Waals surface area contributed by atoms with Crippen molar-refractivity contribution in [3.63, 3.8) is 0 Å². The molecule has 2 saturated heterocycles. The minimum Gasteiger partial charge on any atom is -0.469 e. The van der Waals surface area contributed by atoms with E-state index in [2.05, 4.69) is 4.98 Å². The van der Waals surface area contributed by atoms with E-state index in [0.717, 1.165) is 4.57 Å². The summed E-state index contributed by atoms with van der Waals surface area (Å²) >= 11 is 0. The number of benzene rings is 1. The molecule has 0 bridgehead atoms. The van der Waals surface area contributed by atoms with Crippen molar-refractivity contribution in [2.75, 3.05) is 26.5 Å². The summed E-state index contributed by atoms with van der Waals surface area (Å²) in [6, 6.07) is 9.51. The Morgan fingerprint density at radius 3 is 2.69 bits per heavy atom. The average molecular weight is 524 g/mol. The van der Waals surface area contributed by atoms with Gasteiger partial charge >= 0.3 is 19.3 Å².